The van der Waals surface area contributed by atoms with Crippen LogP contribution in [0.4, 0.5) is 0 Å². The lowest BCUT2D eigenvalue weighted by Crippen LogP contribution is -2.67. The van der Waals surface area contributed by atoms with Crippen molar-refractivity contribution in [1.29, 1.82) is 0 Å². The molecule has 0 radical (unpaired) electrons. The fraction of sp³-hybridized carbons (Fsp3) is 0.818. The van der Waals surface area contributed by atoms with Crippen molar-refractivity contribution >= 4 is 11.9 Å². The molecule has 1 aliphatic rings. The number of carboxylic acid groups (broad SMARTS) is 1. The van der Waals surface area contributed by atoms with Gasteiger partial charge in [-0.05, 0) is 0 Å². The summed E-state index contributed by atoms with van der Waals surface area (Å²) in [6.45, 7) is -1.86. The van der Waals surface area contributed by atoms with Crippen LogP contribution in [0.5, 0.6) is 0 Å². The van der Waals surface area contributed by atoms with Crippen LogP contribution in [0.2, 0.25) is 0 Å². The van der Waals surface area contributed by atoms with E-state index in [4.69, 9.17) is 20.1 Å². The Labute approximate surface area is 124 Å². The van der Waals surface area contributed by atoms with E-state index < -0.39 is 67.8 Å². The lowest BCUT2D eigenvalue weighted by molar-refractivity contribution is -0.295. The minimum absolute atomic E-state index is 0.822. The SMILES string of the molecule is O=C(CO)NC1C(C(O)C(O)CO)O[C@@](O)(C(=O)O)C[C@H]1O. The highest BCUT2D eigenvalue weighted by Gasteiger charge is 2.53. The molecule has 0 aromatic heterocycles. The highest BCUT2D eigenvalue weighted by molar-refractivity contribution is 5.78. The van der Waals surface area contributed by atoms with Gasteiger partial charge in [0.1, 0.15) is 24.9 Å². The number of amides is 1. The second-order valence-corrected chi connectivity index (χ2v) is 4.94. The second kappa shape index (κ2) is 7.28. The number of hydrogen-bond acceptors (Lipinski definition) is 9. The van der Waals surface area contributed by atoms with Crippen LogP contribution >= 0.6 is 0 Å². The van der Waals surface area contributed by atoms with E-state index in [2.05, 4.69) is 5.32 Å². The molecule has 1 amide bonds. The summed E-state index contributed by atoms with van der Waals surface area (Å²) in [6, 6.07) is -1.42. The van der Waals surface area contributed by atoms with Gasteiger partial charge in [0.15, 0.2) is 0 Å². The van der Waals surface area contributed by atoms with E-state index in [-0.39, 0.29) is 0 Å². The van der Waals surface area contributed by atoms with Gasteiger partial charge in [0.25, 0.3) is 5.79 Å². The predicted octanol–water partition coefficient (Wildman–Crippen LogP) is -4.90. The highest BCUT2D eigenvalue weighted by atomic mass is 16.7. The number of aliphatic hydroxyl groups is 6. The second-order valence-electron chi connectivity index (χ2n) is 4.94. The molecule has 0 bridgehead atoms. The third-order valence-electron chi connectivity index (χ3n) is 3.31. The molecule has 0 aromatic rings. The van der Waals surface area contributed by atoms with Crippen LogP contribution in [0.1, 0.15) is 6.42 Å². The first kappa shape index (κ1) is 18.7. The van der Waals surface area contributed by atoms with Crippen molar-refractivity contribution < 1.29 is 50.1 Å². The van der Waals surface area contributed by atoms with Crippen molar-refractivity contribution in [2.45, 2.75) is 42.7 Å². The molecule has 22 heavy (non-hydrogen) atoms. The largest absolute Gasteiger partial charge is 0.477 e. The summed E-state index contributed by atoms with van der Waals surface area (Å²) >= 11 is 0. The van der Waals surface area contributed by atoms with Crippen LogP contribution in [-0.4, -0.2) is 97.1 Å². The maximum Gasteiger partial charge on any atom is 0.364 e. The first-order valence-electron chi connectivity index (χ1n) is 6.35. The zero-order valence-corrected chi connectivity index (χ0v) is 11.4. The first-order valence-corrected chi connectivity index (χ1v) is 6.35. The third-order valence-corrected chi connectivity index (χ3v) is 3.31. The minimum atomic E-state index is -2.85. The first-order chi connectivity index (χ1) is 10.2. The van der Waals surface area contributed by atoms with E-state index in [9.17, 15) is 30.0 Å². The molecule has 11 heteroatoms. The van der Waals surface area contributed by atoms with Crippen molar-refractivity contribution in [2.75, 3.05) is 13.2 Å². The van der Waals surface area contributed by atoms with E-state index in [1.54, 1.807) is 0 Å². The summed E-state index contributed by atoms with van der Waals surface area (Å²) in [6.07, 6.45) is -7.92. The van der Waals surface area contributed by atoms with Gasteiger partial charge in [0.2, 0.25) is 5.91 Å². The Balaban J connectivity index is 3.07. The van der Waals surface area contributed by atoms with Crippen molar-refractivity contribution in [3.05, 3.63) is 0 Å². The number of carbonyl (C=O) groups is 2. The average molecular weight is 325 g/mol. The van der Waals surface area contributed by atoms with Crippen LogP contribution < -0.4 is 5.32 Å². The molecule has 1 heterocycles. The molecular formula is C11H19NO10. The van der Waals surface area contributed by atoms with Gasteiger partial charge in [-0.2, -0.15) is 0 Å². The summed E-state index contributed by atoms with van der Waals surface area (Å²) in [5, 5.41) is 67.5. The van der Waals surface area contributed by atoms with Crippen molar-refractivity contribution in [2.24, 2.45) is 0 Å². The van der Waals surface area contributed by atoms with Crippen molar-refractivity contribution in [1.82, 2.24) is 5.32 Å². The number of carbonyl (C=O) groups excluding carboxylic acids is 1. The van der Waals surface area contributed by atoms with Gasteiger partial charge in [-0.25, -0.2) is 4.79 Å². The van der Waals surface area contributed by atoms with Crippen LogP contribution in [0, 0.1) is 0 Å². The number of hydrogen-bond donors (Lipinski definition) is 8. The van der Waals surface area contributed by atoms with E-state index in [0.29, 0.717) is 0 Å². The Bertz CT molecular complexity index is 418. The molecule has 0 saturated carbocycles. The Morgan fingerprint density at radius 1 is 1.32 bits per heavy atom. The Morgan fingerprint density at radius 2 is 1.91 bits per heavy atom. The standard InChI is InChI=1S/C11H19NO10/c13-2-5(16)8(18)9-7(12-6(17)3-14)4(15)1-11(21,22-9)10(19)20/h4-5,7-9,13-16,18,21H,1-3H2,(H,12,17)(H,19,20)/t4-,5?,7?,8?,9?,11-/m1/s1. The average Bonchev–Trinajstić information content (AvgIpc) is 2.47. The number of nitrogens with one attached hydrogen (secondary N) is 1. The number of ether oxygens (including phenoxy) is 1. The van der Waals surface area contributed by atoms with Crippen molar-refractivity contribution in [3.63, 3.8) is 0 Å². The number of aliphatic carboxylic acids is 1. The number of carboxylic acids is 1. The zero-order valence-electron chi connectivity index (χ0n) is 11.4. The molecule has 6 atom stereocenters. The lowest BCUT2D eigenvalue weighted by Gasteiger charge is -2.44. The molecule has 128 valence electrons. The Hall–Kier alpha value is -1.34. The smallest absolute Gasteiger partial charge is 0.364 e. The quantitative estimate of drug-likeness (QED) is 0.234. The van der Waals surface area contributed by atoms with Gasteiger partial charge in [-0.15, -0.1) is 0 Å². The molecule has 1 aliphatic heterocycles. The van der Waals surface area contributed by atoms with E-state index in [1.807, 2.05) is 0 Å². The predicted molar refractivity (Wildman–Crippen MR) is 66.2 cm³/mol. The number of rotatable bonds is 6. The lowest BCUT2D eigenvalue weighted by atomic mass is 9.88. The summed E-state index contributed by atoms with van der Waals surface area (Å²) in [7, 11) is 0. The summed E-state index contributed by atoms with van der Waals surface area (Å²) in [5.41, 5.74) is 0. The van der Waals surface area contributed by atoms with Crippen LogP contribution in [0.25, 0.3) is 0 Å². The van der Waals surface area contributed by atoms with E-state index in [0.717, 1.165) is 0 Å². The van der Waals surface area contributed by atoms with E-state index in [1.165, 1.54) is 0 Å². The van der Waals surface area contributed by atoms with E-state index >= 15 is 0 Å². The van der Waals surface area contributed by atoms with Gasteiger partial charge in [-0.1, -0.05) is 0 Å². The van der Waals surface area contributed by atoms with Gasteiger partial charge in [0.05, 0.1) is 18.8 Å². The molecule has 0 aromatic carbocycles. The summed E-state index contributed by atoms with van der Waals surface area (Å²) in [5.74, 6) is -5.64. The summed E-state index contributed by atoms with van der Waals surface area (Å²) < 4.78 is 4.83. The van der Waals surface area contributed by atoms with Crippen LogP contribution in [0.15, 0.2) is 0 Å². The molecule has 1 saturated heterocycles. The zero-order chi connectivity index (χ0) is 17.1. The molecule has 4 unspecified atom stereocenters. The van der Waals surface area contributed by atoms with Crippen LogP contribution in [0.3, 0.4) is 0 Å². The third kappa shape index (κ3) is 3.89. The Kier molecular flexibility index (Phi) is 6.19. The molecule has 0 aliphatic carbocycles. The van der Waals surface area contributed by atoms with Crippen molar-refractivity contribution in [3.8, 4) is 0 Å². The highest BCUT2D eigenvalue weighted by Crippen LogP contribution is 2.30. The maximum absolute atomic E-state index is 11.2. The molecule has 8 N–H and O–H groups in total. The minimum Gasteiger partial charge on any atom is -0.477 e. The molecule has 1 rings (SSSR count). The van der Waals surface area contributed by atoms with Gasteiger partial charge < -0.3 is 45.8 Å². The van der Waals surface area contributed by atoms with Gasteiger partial charge >= 0.3 is 5.97 Å². The topological polar surface area (TPSA) is 197 Å². The monoisotopic (exact) mass is 325 g/mol. The van der Waals surface area contributed by atoms with Gasteiger partial charge in [-0.3, -0.25) is 4.79 Å². The maximum atomic E-state index is 11.2. The Morgan fingerprint density at radius 3 is 2.36 bits per heavy atom. The van der Waals surface area contributed by atoms with Crippen LogP contribution in [-0.2, 0) is 14.3 Å². The number of aliphatic hydroxyl groups excluding tert-OH is 5. The fourth-order valence-corrected chi connectivity index (χ4v) is 2.13. The molecule has 0 spiro atoms. The molecular weight excluding hydrogens is 306 g/mol. The van der Waals surface area contributed by atoms with Gasteiger partial charge in [0, 0.05) is 6.42 Å². The molecule has 11 nitrogen and oxygen atoms in total. The molecule has 1 fully saturated rings. The fourth-order valence-electron chi connectivity index (χ4n) is 2.13. The summed E-state index contributed by atoms with van der Waals surface area (Å²) in [4.78, 5) is 22.2. The normalized spacial score (nSPS) is 34.7.